The van der Waals surface area contributed by atoms with E-state index < -0.39 is 18.0 Å². The minimum Gasteiger partial charge on any atom is -0.462 e. The average molecular weight is 288 g/mol. The van der Waals surface area contributed by atoms with Crippen molar-refractivity contribution < 1.29 is 28.6 Å². The molecule has 0 saturated carbocycles. The van der Waals surface area contributed by atoms with Crippen LogP contribution in [0.5, 0.6) is 0 Å². The van der Waals surface area contributed by atoms with Crippen LogP contribution in [0.15, 0.2) is 0 Å². The molecule has 0 saturated heterocycles. The first-order valence-electron chi connectivity index (χ1n) is 6.89. The molecule has 0 rings (SSSR count). The van der Waals surface area contributed by atoms with Crippen molar-refractivity contribution in [1.82, 2.24) is 0 Å². The molecule has 0 N–H and O–H groups in total. The number of rotatable bonds is 9. The van der Waals surface area contributed by atoms with Crippen LogP contribution >= 0.6 is 0 Å². The van der Waals surface area contributed by atoms with E-state index in [-0.39, 0.29) is 37.9 Å². The molecule has 20 heavy (non-hydrogen) atoms. The Morgan fingerprint density at radius 3 is 1.80 bits per heavy atom. The first-order valence-corrected chi connectivity index (χ1v) is 6.89. The zero-order valence-corrected chi connectivity index (χ0v) is 12.6. The van der Waals surface area contributed by atoms with Crippen LogP contribution in [-0.4, -0.2) is 37.2 Å². The van der Waals surface area contributed by atoms with E-state index in [1.54, 1.807) is 13.8 Å². The molecule has 0 aliphatic rings. The van der Waals surface area contributed by atoms with E-state index >= 15 is 0 Å². The maximum absolute atomic E-state index is 11.4. The lowest BCUT2D eigenvalue weighted by Crippen LogP contribution is -2.30. The molecule has 6 nitrogen and oxygen atoms in total. The van der Waals surface area contributed by atoms with Gasteiger partial charge in [0.2, 0.25) is 0 Å². The van der Waals surface area contributed by atoms with Gasteiger partial charge in [-0.25, -0.2) is 0 Å². The topological polar surface area (TPSA) is 78.9 Å². The van der Waals surface area contributed by atoms with Crippen molar-refractivity contribution in [2.45, 2.75) is 53.1 Å². The molecule has 0 amide bonds. The summed E-state index contributed by atoms with van der Waals surface area (Å²) in [5.41, 5.74) is 0. The third kappa shape index (κ3) is 9.35. The molecule has 0 aromatic heterocycles. The van der Waals surface area contributed by atoms with Gasteiger partial charge in [0, 0.05) is 19.3 Å². The Balaban J connectivity index is 4.26. The number of ether oxygens (including phenoxy) is 3. The van der Waals surface area contributed by atoms with Gasteiger partial charge >= 0.3 is 17.9 Å². The highest BCUT2D eigenvalue weighted by molar-refractivity contribution is 5.70. The van der Waals surface area contributed by atoms with Gasteiger partial charge in [0.15, 0.2) is 6.10 Å². The fraction of sp³-hybridized carbons (Fsp3) is 0.786. The molecule has 116 valence electrons. The Morgan fingerprint density at radius 2 is 1.35 bits per heavy atom. The molecule has 1 unspecified atom stereocenters. The van der Waals surface area contributed by atoms with E-state index in [1.807, 2.05) is 13.8 Å². The molecule has 0 bridgehead atoms. The van der Waals surface area contributed by atoms with Gasteiger partial charge in [-0.3, -0.25) is 14.4 Å². The van der Waals surface area contributed by atoms with Crippen molar-refractivity contribution in [3.05, 3.63) is 0 Å². The van der Waals surface area contributed by atoms with Crippen molar-refractivity contribution in [2.75, 3.05) is 13.2 Å². The fourth-order valence-electron chi connectivity index (χ4n) is 1.25. The van der Waals surface area contributed by atoms with E-state index in [9.17, 15) is 14.4 Å². The van der Waals surface area contributed by atoms with E-state index in [4.69, 9.17) is 14.2 Å². The van der Waals surface area contributed by atoms with Gasteiger partial charge in [0.1, 0.15) is 13.2 Å². The lowest BCUT2D eigenvalue weighted by atomic mass is 10.1. The summed E-state index contributed by atoms with van der Waals surface area (Å²) in [5.74, 6) is -0.991. The molecular weight excluding hydrogens is 264 g/mol. The maximum atomic E-state index is 11.4. The van der Waals surface area contributed by atoms with E-state index in [0.29, 0.717) is 6.42 Å². The number of carbonyl (C=O) groups is 3. The Kier molecular flexibility index (Phi) is 9.41. The Bertz CT molecular complexity index is 324. The monoisotopic (exact) mass is 288 g/mol. The van der Waals surface area contributed by atoms with Crippen LogP contribution < -0.4 is 0 Å². The largest absolute Gasteiger partial charge is 0.462 e. The molecule has 0 heterocycles. The van der Waals surface area contributed by atoms with Crippen LogP contribution in [0.3, 0.4) is 0 Å². The molecule has 0 aromatic rings. The molecule has 0 aliphatic heterocycles. The standard InChI is InChI=1S/C14H24O6/c1-5-12(15)18-8-11(20-13(16)6-2)9-19-14(17)7-10(3)4/h10-11H,5-9H2,1-4H3. The van der Waals surface area contributed by atoms with Crippen LogP contribution in [0, 0.1) is 5.92 Å². The van der Waals surface area contributed by atoms with Gasteiger partial charge in [-0.05, 0) is 5.92 Å². The van der Waals surface area contributed by atoms with Crippen LogP contribution in [0.4, 0.5) is 0 Å². The van der Waals surface area contributed by atoms with Crippen LogP contribution in [0.2, 0.25) is 0 Å². The SMILES string of the molecule is CCC(=O)OCC(COC(=O)CC(C)C)OC(=O)CC. The summed E-state index contributed by atoms with van der Waals surface area (Å²) in [6, 6.07) is 0. The molecule has 1 atom stereocenters. The Morgan fingerprint density at radius 1 is 0.850 bits per heavy atom. The van der Waals surface area contributed by atoms with Gasteiger partial charge in [0.25, 0.3) is 0 Å². The fourth-order valence-corrected chi connectivity index (χ4v) is 1.25. The van der Waals surface area contributed by atoms with E-state index in [1.165, 1.54) is 0 Å². The second kappa shape index (κ2) is 10.2. The number of hydrogen-bond donors (Lipinski definition) is 0. The predicted octanol–water partition coefficient (Wildman–Crippen LogP) is 1.85. The molecule has 0 aromatic carbocycles. The summed E-state index contributed by atoms with van der Waals surface area (Å²) in [4.78, 5) is 33.8. The average Bonchev–Trinajstić information content (AvgIpc) is 2.40. The first kappa shape index (κ1) is 18.4. The predicted molar refractivity (Wildman–Crippen MR) is 71.8 cm³/mol. The minimum atomic E-state index is -0.755. The lowest BCUT2D eigenvalue weighted by molar-refractivity contribution is -0.166. The molecular formula is C14H24O6. The molecule has 0 spiro atoms. The third-order valence-electron chi connectivity index (χ3n) is 2.31. The second-order valence-electron chi connectivity index (χ2n) is 4.78. The summed E-state index contributed by atoms with van der Waals surface area (Å²) < 4.78 is 15.0. The highest BCUT2D eigenvalue weighted by atomic mass is 16.6. The number of carbonyl (C=O) groups excluding carboxylic acids is 3. The van der Waals surface area contributed by atoms with Gasteiger partial charge < -0.3 is 14.2 Å². The van der Waals surface area contributed by atoms with Crippen LogP contribution in [0.1, 0.15) is 47.0 Å². The Labute approximate surface area is 119 Å². The molecule has 6 heteroatoms. The highest BCUT2D eigenvalue weighted by Gasteiger charge is 2.18. The van der Waals surface area contributed by atoms with Gasteiger partial charge in [-0.2, -0.15) is 0 Å². The van der Waals surface area contributed by atoms with Gasteiger partial charge in [-0.1, -0.05) is 27.7 Å². The van der Waals surface area contributed by atoms with Crippen molar-refractivity contribution >= 4 is 17.9 Å². The summed E-state index contributed by atoms with van der Waals surface area (Å²) in [5, 5.41) is 0. The molecule has 0 fully saturated rings. The van der Waals surface area contributed by atoms with Gasteiger partial charge in [0.05, 0.1) is 0 Å². The van der Waals surface area contributed by atoms with Crippen molar-refractivity contribution in [3.63, 3.8) is 0 Å². The van der Waals surface area contributed by atoms with Crippen molar-refractivity contribution in [1.29, 1.82) is 0 Å². The summed E-state index contributed by atoms with van der Waals surface area (Å²) >= 11 is 0. The smallest absolute Gasteiger partial charge is 0.306 e. The van der Waals surface area contributed by atoms with Crippen molar-refractivity contribution in [2.24, 2.45) is 5.92 Å². The molecule has 0 aliphatic carbocycles. The lowest BCUT2D eigenvalue weighted by Gasteiger charge is -2.18. The first-order chi connectivity index (χ1) is 9.38. The summed E-state index contributed by atoms with van der Waals surface area (Å²) in [6.07, 6.45) is -0.0165. The maximum Gasteiger partial charge on any atom is 0.306 e. The van der Waals surface area contributed by atoms with Crippen LogP contribution in [-0.2, 0) is 28.6 Å². The zero-order valence-electron chi connectivity index (χ0n) is 12.6. The van der Waals surface area contributed by atoms with E-state index in [0.717, 1.165) is 0 Å². The van der Waals surface area contributed by atoms with E-state index in [2.05, 4.69) is 0 Å². The second-order valence-corrected chi connectivity index (χ2v) is 4.78. The quantitative estimate of drug-likeness (QED) is 0.476. The zero-order chi connectivity index (χ0) is 15.5. The number of hydrogen-bond acceptors (Lipinski definition) is 6. The highest BCUT2D eigenvalue weighted by Crippen LogP contribution is 2.04. The number of esters is 3. The normalized spacial score (nSPS) is 11.8. The summed E-state index contributed by atoms with van der Waals surface area (Å²) in [6.45, 7) is 6.92. The van der Waals surface area contributed by atoms with Crippen LogP contribution in [0.25, 0.3) is 0 Å². The Hall–Kier alpha value is -1.59. The van der Waals surface area contributed by atoms with Crippen molar-refractivity contribution in [3.8, 4) is 0 Å². The third-order valence-corrected chi connectivity index (χ3v) is 2.31. The van der Waals surface area contributed by atoms with Gasteiger partial charge in [-0.15, -0.1) is 0 Å². The molecule has 0 radical (unpaired) electrons. The minimum absolute atomic E-state index is 0.103. The summed E-state index contributed by atoms with van der Waals surface area (Å²) in [7, 11) is 0.